The lowest BCUT2D eigenvalue weighted by molar-refractivity contribution is -0.275. The number of hydrogen-bond donors (Lipinski definition) is 1. The minimum absolute atomic E-state index is 0.143. The minimum Gasteiger partial charge on any atom is -0.449 e. The first-order valence-corrected chi connectivity index (χ1v) is 16.0. The van der Waals surface area contributed by atoms with Gasteiger partial charge in [0.15, 0.2) is 5.60 Å². The minimum atomic E-state index is -0.918. The summed E-state index contributed by atoms with van der Waals surface area (Å²) in [7, 11) is 0. The van der Waals surface area contributed by atoms with Crippen LogP contribution in [0, 0.1) is 34.5 Å². The number of fused-ring (bicyclic) bond motifs is 4. The van der Waals surface area contributed by atoms with E-state index < -0.39 is 16.4 Å². The zero-order valence-electron chi connectivity index (χ0n) is 24.7. The SMILES string of the molecule is CCCC=C1OC(=O)C23C4=C(CCC12C1(OC(=O)c2c(CCCN)cccc21)C3CCC)C1C=CCC(C)C1C=C4. The fraction of sp³-hybridized carbons (Fsp3) is 0.556. The Morgan fingerprint density at radius 1 is 1.15 bits per heavy atom. The van der Waals surface area contributed by atoms with Crippen LogP contribution < -0.4 is 5.73 Å². The quantitative estimate of drug-likeness (QED) is 0.288. The first kappa shape index (κ1) is 26.9. The maximum Gasteiger partial charge on any atom is 0.339 e. The average molecular weight is 554 g/mol. The van der Waals surface area contributed by atoms with Crippen LogP contribution in [0.4, 0.5) is 0 Å². The Balaban J connectivity index is 1.50. The van der Waals surface area contributed by atoms with Gasteiger partial charge in [-0.05, 0) is 80.5 Å². The Kier molecular flexibility index (Phi) is 6.28. The lowest BCUT2D eigenvalue weighted by Crippen LogP contribution is -2.76. The smallest absolute Gasteiger partial charge is 0.339 e. The number of carbonyl (C=O) groups excluding carboxylic acids is 2. The molecule has 2 fully saturated rings. The van der Waals surface area contributed by atoms with Crippen molar-refractivity contribution in [2.75, 3.05) is 6.54 Å². The van der Waals surface area contributed by atoms with Crippen LogP contribution in [0.2, 0.25) is 0 Å². The van der Waals surface area contributed by atoms with Crippen molar-refractivity contribution in [3.8, 4) is 0 Å². The van der Waals surface area contributed by atoms with E-state index >= 15 is 0 Å². The molecule has 1 saturated heterocycles. The zero-order valence-corrected chi connectivity index (χ0v) is 24.7. The topological polar surface area (TPSA) is 78.6 Å². The molecule has 5 heteroatoms. The van der Waals surface area contributed by atoms with Gasteiger partial charge in [-0.15, -0.1) is 0 Å². The van der Waals surface area contributed by atoms with E-state index in [1.165, 1.54) is 5.57 Å². The monoisotopic (exact) mass is 553 g/mol. The van der Waals surface area contributed by atoms with Gasteiger partial charge in [-0.25, -0.2) is 4.79 Å². The predicted octanol–water partition coefficient (Wildman–Crippen LogP) is 7.08. The summed E-state index contributed by atoms with van der Waals surface area (Å²) in [6.07, 6.45) is 19.2. The molecule has 41 heavy (non-hydrogen) atoms. The molecule has 7 atom stereocenters. The Bertz CT molecular complexity index is 1430. The standard InChI is InChI=1S/C36H43NO4/c1-4-6-16-30-34-20-19-26-25-14-7-11-22(3)24(25)17-18-27(26)35(34,33(39)40-30)29(10-5-2)36(34)28-15-8-12-23(13-9-21-37)31(28)32(38)41-36/h7-8,12,14-18,22,24-25,29H,4-6,9-11,13,19-21,37H2,1-3H3. The van der Waals surface area contributed by atoms with Crippen molar-refractivity contribution in [1.29, 1.82) is 0 Å². The molecule has 0 amide bonds. The number of ether oxygens (including phenoxy) is 2. The maximum absolute atomic E-state index is 14.6. The van der Waals surface area contributed by atoms with Gasteiger partial charge in [0.05, 0.1) is 11.0 Å². The van der Waals surface area contributed by atoms with Crippen molar-refractivity contribution >= 4 is 11.9 Å². The Labute approximate surface area is 243 Å². The molecule has 2 heterocycles. The Morgan fingerprint density at radius 2 is 2.00 bits per heavy atom. The molecule has 216 valence electrons. The summed E-state index contributed by atoms with van der Waals surface area (Å²) in [6.45, 7) is 7.23. The van der Waals surface area contributed by atoms with E-state index in [4.69, 9.17) is 15.2 Å². The van der Waals surface area contributed by atoms with Crippen LogP contribution in [0.5, 0.6) is 0 Å². The molecule has 1 saturated carbocycles. The predicted molar refractivity (Wildman–Crippen MR) is 159 cm³/mol. The average Bonchev–Trinajstić information content (AvgIpc) is 3.43. The molecule has 7 rings (SSSR count). The zero-order chi connectivity index (χ0) is 28.6. The van der Waals surface area contributed by atoms with Gasteiger partial charge < -0.3 is 15.2 Å². The number of unbranched alkanes of at least 4 members (excludes halogenated alkanes) is 1. The largest absolute Gasteiger partial charge is 0.449 e. The van der Waals surface area contributed by atoms with E-state index in [9.17, 15) is 9.59 Å². The molecule has 7 unspecified atom stereocenters. The lowest BCUT2D eigenvalue weighted by atomic mass is 9.29. The fourth-order valence-electron chi connectivity index (χ4n) is 10.0. The highest BCUT2D eigenvalue weighted by Gasteiger charge is 2.92. The number of carbonyl (C=O) groups is 2. The summed E-state index contributed by atoms with van der Waals surface area (Å²) in [6, 6.07) is 6.20. The maximum atomic E-state index is 14.6. The van der Waals surface area contributed by atoms with Crippen molar-refractivity contribution in [1.82, 2.24) is 0 Å². The van der Waals surface area contributed by atoms with Gasteiger partial charge in [0.1, 0.15) is 11.2 Å². The number of esters is 2. The fourth-order valence-corrected chi connectivity index (χ4v) is 10.0. The third-order valence-electron chi connectivity index (χ3n) is 11.5. The number of allylic oxidation sites excluding steroid dienone is 6. The highest BCUT2D eigenvalue weighted by atomic mass is 16.6. The van der Waals surface area contributed by atoms with Gasteiger partial charge in [0.2, 0.25) is 0 Å². The Hall–Kier alpha value is -2.92. The number of hydrogen-bond acceptors (Lipinski definition) is 5. The van der Waals surface area contributed by atoms with Gasteiger partial charge in [-0.3, -0.25) is 4.79 Å². The molecule has 5 nitrogen and oxygen atoms in total. The van der Waals surface area contributed by atoms with E-state index in [0.29, 0.717) is 29.9 Å². The van der Waals surface area contributed by atoms with Crippen LogP contribution in [-0.2, 0) is 26.3 Å². The van der Waals surface area contributed by atoms with Crippen LogP contribution in [0.15, 0.2) is 65.5 Å². The summed E-state index contributed by atoms with van der Waals surface area (Å²) in [5.41, 5.74) is 8.58. The summed E-state index contributed by atoms with van der Waals surface area (Å²) in [5.74, 6) is 1.51. The number of nitrogens with two attached hydrogens (primary N) is 1. The number of aryl methyl sites for hydroxylation is 1. The summed E-state index contributed by atoms with van der Waals surface area (Å²) in [5, 5.41) is 0. The lowest BCUT2D eigenvalue weighted by Gasteiger charge is -2.71. The van der Waals surface area contributed by atoms with Crippen molar-refractivity contribution < 1.29 is 19.1 Å². The number of cyclic esters (lactones) is 1. The molecular formula is C36H43NO4. The highest BCUT2D eigenvalue weighted by molar-refractivity contribution is 6.00. The highest BCUT2D eigenvalue weighted by Crippen LogP contribution is 2.86. The molecule has 1 aromatic carbocycles. The van der Waals surface area contributed by atoms with Crippen LogP contribution >= 0.6 is 0 Å². The van der Waals surface area contributed by atoms with Crippen molar-refractivity contribution in [2.45, 2.75) is 84.2 Å². The van der Waals surface area contributed by atoms with E-state index in [-0.39, 0.29) is 17.9 Å². The second-order valence-corrected chi connectivity index (χ2v) is 13.2. The van der Waals surface area contributed by atoms with Crippen LogP contribution in [0.25, 0.3) is 0 Å². The molecule has 2 aliphatic heterocycles. The Morgan fingerprint density at radius 3 is 2.78 bits per heavy atom. The third-order valence-corrected chi connectivity index (χ3v) is 11.5. The number of benzene rings is 1. The molecule has 0 radical (unpaired) electrons. The summed E-state index contributed by atoms with van der Waals surface area (Å²) < 4.78 is 13.2. The molecule has 0 bridgehead atoms. The van der Waals surface area contributed by atoms with Gasteiger partial charge in [-0.1, -0.05) is 81.7 Å². The third kappa shape index (κ3) is 3.06. The summed E-state index contributed by atoms with van der Waals surface area (Å²) in [4.78, 5) is 28.5. The second-order valence-electron chi connectivity index (χ2n) is 13.2. The van der Waals surface area contributed by atoms with Crippen molar-refractivity contribution in [3.05, 3.63) is 82.2 Å². The molecule has 1 spiro atoms. The van der Waals surface area contributed by atoms with Crippen molar-refractivity contribution in [2.24, 2.45) is 40.2 Å². The molecule has 1 aromatic rings. The normalized spacial score (nSPS) is 38.7. The van der Waals surface area contributed by atoms with E-state index in [0.717, 1.165) is 80.2 Å². The van der Waals surface area contributed by atoms with Crippen molar-refractivity contribution in [3.63, 3.8) is 0 Å². The van der Waals surface area contributed by atoms with Crippen LogP contribution in [0.3, 0.4) is 0 Å². The van der Waals surface area contributed by atoms with Gasteiger partial charge in [0, 0.05) is 17.4 Å². The summed E-state index contributed by atoms with van der Waals surface area (Å²) >= 11 is 0. The van der Waals surface area contributed by atoms with E-state index in [1.807, 2.05) is 6.07 Å². The van der Waals surface area contributed by atoms with Gasteiger partial charge in [-0.2, -0.15) is 0 Å². The first-order valence-electron chi connectivity index (χ1n) is 16.0. The second kappa shape index (κ2) is 9.55. The van der Waals surface area contributed by atoms with Crippen LogP contribution in [-0.4, -0.2) is 18.5 Å². The molecule has 6 aliphatic rings. The number of rotatable bonds is 7. The van der Waals surface area contributed by atoms with Gasteiger partial charge >= 0.3 is 11.9 Å². The van der Waals surface area contributed by atoms with Gasteiger partial charge in [0.25, 0.3) is 0 Å². The van der Waals surface area contributed by atoms with Crippen LogP contribution in [0.1, 0.15) is 93.6 Å². The van der Waals surface area contributed by atoms with E-state index in [2.05, 4.69) is 63.3 Å². The van der Waals surface area contributed by atoms with E-state index in [1.54, 1.807) is 0 Å². The molecular weight excluding hydrogens is 510 g/mol. The molecule has 2 N–H and O–H groups in total. The molecule has 0 aromatic heterocycles. The molecule has 4 aliphatic carbocycles. The first-order chi connectivity index (χ1) is 19.9.